The number of aliphatic hydroxyl groups is 1. The van der Waals surface area contributed by atoms with Crippen LogP contribution in [0.25, 0.3) is 22.0 Å². The van der Waals surface area contributed by atoms with Gasteiger partial charge in [0.1, 0.15) is 18.1 Å². The van der Waals surface area contributed by atoms with Crippen LogP contribution >= 0.6 is 0 Å². The highest BCUT2D eigenvalue weighted by atomic mass is 32.2. The van der Waals surface area contributed by atoms with Crippen molar-refractivity contribution in [3.05, 3.63) is 84.1 Å². The van der Waals surface area contributed by atoms with Crippen LogP contribution in [-0.2, 0) is 9.84 Å². The Kier molecular flexibility index (Phi) is 8.10. The molecule has 2 N–H and O–H groups in total. The van der Waals surface area contributed by atoms with E-state index in [1.165, 1.54) is 23.8 Å². The molecule has 4 aromatic rings. The molecule has 194 valence electrons. The molecule has 0 aliphatic carbocycles. The highest BCUT2D eigenvalue weighted by Crippen LogP contribution is 2.32. The number of hydrogen-bond donors (Lipinski definition) is 2. The summed E-state index contributed by atoms with van der Waals surface area (Å²) in [5, 5.41) is 13.4. The third-order valence-electron chi connectivity index (χ3n) is 6.02. The first-order valence-electron chi connectivity index (χ1n) is 12.1. The van der Waals surface area contributed by atoms with Crippen LogP contribution in [-0.4, -0.2) is 43.4 Å². The molecule has 3 aromatic carbocycles. The van der Waals surface area contributed by atoms with Crippen molar-refractivity contribution in [2.24, 2.45) is 0 Å². The molecule has 0 aliphatic heterocycles. The summed E-state index contributed by atoms with van der Waals surface area (Å²) in [4.78, 5) is 18.0. The fraction of sp³-hybridized carbons (Fsp3) is 0.200. The van der Waals surface area contributed by atoms with Crippen molar-refractivity contribution in [1.29, 1.82) is 0 Å². The van der Waals surface area contributed by atoms with Gasteiger partial charge in [0.25, 0.3) is 5.91 Å². The molecule has 4 rings (SSSR count). The van der Waals surface area contributed by atoms with Crippen LogP contribution in [0, 0.1) is 12.3 Å². The molecule has 0 saturated heterocycles. The molecule has 1 amide bonds. The molecule has 0 saturated carbocycles. The number of benzene rings is 3. The molecule has 1 heterocycles. The number of hydrogen-bond acceptors (Lipinski definition) is 6. The first kappa shape index (κ1) is 26.9. The molecule has 8 heteroatoms. The van der Waals surface area contributed by atoms with Gasteiger partial charge in [0.05, 0.1) is 22.9 Å². The zero-order chi connectivity index (χ0) is 27.3. The van der Waals surface area contributed by atoms with Crippen molar-refractivity contribution in [2.75, 3.05) is 24.3 Å². The van der Waals surface area contributed by atoms with Crippen LogP contribution in [0.5, 0.6) is 5.75 Å². The van der Waals surface area contributed by atoms with Crippen LogP contribution in [0.1, 0.15) is 35.8 Å². The van der Waals surface area contributed by atoms with E-state index in [1.54, 1.807) is 18.2 Å². The van der Waals surface area contributed by atoms with Crippen LogP contribution in [0.15, 0.2) is 77.7 Å². The average molecular weight is 529 g/mol. The maximum Gasteiger partial charge on any atom is 0.274 e. The summed E-state index contributed by atoms with van der Waals surface area (Å²) in [5.74, 6) is 2.52. The van der Waals surface area contributed by atoms with E-state index in [4.69, 9.17) is 21.3 Å². The number of nitrogens with one attached hydrogen (secondary N) is 1. The minimum Gasteiger partial charge on any atom is -0.481 e. The Morgan fingerprint density at radius 2 is 1.84 bits per heavy atom. The number of sulfone groups is 1. The zero-order valence-corrected chi connectivity index (χ0v) is 22.0. The average Bonchev–Trinajstić information content (AvgIpc) is 2.91. The smallest absolute Gasteiger partial charge is 0.274 e. The van der Waals surface area contributed by atoms with Gasteiger partial charge in [-0.25, -0.2) is 13.4 Å². The number of pyridine rings is 1. The lowest BCUT2D eigenvalue weighted by Crippen LogP contribution is -2.15. The third-order valence-corrected chi connectivity index (χ3v) is 7.71. The Balaban J connectivity index is 1.75. The Labute approximate surface area is 222 Å². The highest BCUT2D eigenvalue weighted by Gasteiger charge is 2.17. The summed E-state index contributed by atoms with van der Waals surface area (Å²) in [6.45, 7) is 3.88. The van der Waals surface area contributed by atoms with E-state index in [-0.39, 0.29) is 17.2 Å². The number of fused-ring (bicyclic) bond motifs is 1. The van der Waals surface area contributed by atoms with Gasteiger partial charge < -0.3 is 15.2 Å². The molecule has 0 radical (unpaired) electrons. The van der Waals surface area contributed by atoms with Crippen molar-refractivity contribution in [1.82, 2.24) is 4.98 Å². The van der Waals surface area contributed by atoms with Gasteiger partial charge in [-0.1, -0.05) is 56.2 Å². The number of aliphatic hydroxyl groups excluding tert-OH is 1. The highest BCUT2D eigenvalue weighted by molar-refractivity contribution is 7.91. The van der Waals surface area contributed by atoms with Crippen molar-refractivity contribution in [3.63, 3.8) is 0 Å². The Morgan fingerprint density at radius 1 is 1.08 bits per heavy atom. The monoisotopic (exact) mass is 528 g/mol. The van der Waals surface area contributed by atoms with Gasteiger partial charge in [0.2, 0.25) is 0 Å². The fourth-order valence-electron chi connectivity index (χ4n) is 4.00. The molecule has 1 aromatic heterocycles. The summed E-state index contributed by atoms with van der Waals surface area (Å²) in [5.41, 5.74) is 3.09. The first-order valence-corrected chi connectivity index (χ1v) is 13.7. The van der Waals surface area contributed by atoms with E-state index in [2.05, 4.69) is 25.1 Å². The van der Waals surface area contributed by atoms with Crippen LogP contribution in [0.3, 0.4) is 0 Å². The predicted molar refractivity (Wildman–Crippen MR) is 149 cm³/mol. The van der Waals surface area contributed by atoms with E-state index in [1.807, 2.05) is 36.4 Å². The minimum absolute atomic E-state index is 0.0150. The van der Waals surface area contributed by atoms with Crippen LogP contribution in [0.4, 0.5) is 5.69 Å². The number of carbonyl (C=O) groups excluding carboxylic acids is 1. The molecule has 0 fully saturated rings. The van der Waals surface area contributed by atoms with E-state index < -0.39 is 28.1 Å². The fourth-order valence-corrected chi connectivity index (χ4v) is 5.07. The number of carbonyl (C=O) groups is 1. The minimum atomic E-state index is -3.67. The second-order valence-electron chi connectivity index (χ2n) is 9.03. The molecule has 0 atom stereocenters. The van der Waals surface area contributed by atoms with Gasteiger partial charge >= 0.3 is 0 Å². The summed E-state index contributed by atoms with van der Waals surface area (Å²) >= 11 is 0. The van der Waals surface area contributed by atoms with Crippen LogP contribution < -0.4 is 10.1 Å². The van der Waals surface area contributed by atoms with Gasteiger partial charge in [0, 0.05) is 16.6 Å². The Hall–Kier alpha value is -4.19. The molecule has 0 aliphatic rings. The van der Waals surface area contributed by atoms with Gasteiger partial charge in [-0.2, -0.15) is 0 Å². The normalized spacial score (nSPS) is 11.3. The number of amides is 1. The van der Waals surface area contributed by atoms with E-state index in [0.29, 0.717) is 23.0 Å². The SMILES string of the molecule is C#CCOc1ccc2cc(C(=O)Nc3cccc(S(=O)(=O)CCO)c3)nc(-c3ccc(C(C)C)cc3)c2c1. The quantitative estimate of drug-likeness (QED) is 0.294. The summed E-state index contributed by atoms with van der Waals surface area (Å²) < 4.78 is 30.3. The van der Waals surface area contributed by atoms with E-state index in [9.17, 15) is 13.2 Å². The molecular formula is C30H28N2O5S. The van der Waals surface area contributed by atoms with Gasteiger partial charge in [-0.3, -0.25) is 4.79 Å². The Bertz CT molecular complexity index is 1620. The molecule has 0 spiro atoms. The van der Waals surface area contributed by atoms with Gasteiger partial charge in [-0.15, -0.1) is 6.42 Å². The molecular weight excluding hydrogens is 500 g/mol. The predicted octanol–water partition coefficient (Wildman–Crippen LogP) is 5.06. The lowest BCUT2D eigenvalue weighted by Gasteiger charge is -2.13. The Morgan fingerprint density at radius 3 is 2.53 bits per heavy atom. The van der Waals surface area contributed by atoms with E-state index >= 15 is 0 Å². The largest absolute Gasteiger partial charge is 0.481 e. The number of rotatable bonds is 9. The molecule has 7 nitrogen and oxygen atoms in total. The third kappa shape index (κ3) is 6.02. The lowest BCUT2D eigenvalue weighted by molar-refractivity contribution is 0.102. The van der Waals surface area contributed by atoms with Crippen molar-refractivity contribution in [2.45, 2.75) is 24.7 Å². The second kappa shape index (κ2) is 11.5. The first-order chi connectivity index (χ1) is 18.2. The van der Waals surface area contributed by atoms with Crippen molar-refractivity contribution >= 4 is 32.2 Å². The standard InChI is InChI=1S/C30H28N2O5S/c1-4-15-37-25-13-12-23-17-28(30(34)31-24-6-5-7-26(18-24)38(35,36)16-14-33)32-29(27(23)19-25)22-10-8-21(9-11-22)20(2)3/h1,5-13,17-20,33H,14-16H2,2-3H3,(H,31,34). The maximum absolute atomic E-state index is 13.3. The molecule has 38 heavy (non-hydrogen) atoms. The second-order valence-corrected chi connectivity index (χ2v) is 11.1. The van der Waals surface area contributed by atoms with Gasteiger partial charge in [0.15, 0.2) is 9.84 Å². The number of nitrogens with zero attached hydrogens (tertiary/aromatic N) is 1. The summed E-state index contributed by atoms with van der Waals surface area (Å²) in [6, 6.07) is 21.1. The molecule has 0 unspecified atom stereocenters. The molecule has 0 bridgehead atoms. The van der Waals surface area contributed by atoms with Crippen molar-refractivity contribution < 1.29 is 23.1 Å². The zero-order valence-electron chi connectivity index (χ0n) is 21.1. The van der Waals surface area contributed by atoms with Crippen LogP contribution in [0.2, 0.25) is 0 Å². The number of ether oxygens (including phenoxy) is 1. The number of terminal acetylenes is 1. The topological polar surface area (TPSA) is 106 Å². The van der Waals surface area contributed by atoms with Gasteiger partial charge in [-0.05, 0) is 53.3 Å². The number of aromatic nitrogens is 1. The maximum atomic E-state index is 13.3. The van der Waals surface area contributed by atoms with E-state index in [0.717, 1.165) is 16.3 Å². The summed E-state index contributed by atoms with van der Waals surface area (Å²) in [7, 11) is -3.67. The lowest BCUT2D eigenvalue weighted by atomic mass is 9.98. The number of anilines is 1. The van der Waals surface area contributed by atoms with Crippen molar-refractivity contribution in [3.8, 4) is 29.4 Å². The summed E-state index contributed by atoms with van der Waals surface area (Å²) in [6.07, 6.45) is 5.34.